The van der Waals surface area contributed by atoms with Crippen molar-refractivity contribution in [1.29, 1.82) is 0 Å². The van der Waals surface area contributed by atoms with Crippen molar-refractivity contribution < 1.29 is 9.90 Å². The maximum atomic E-state index is 12.1. The molecule has 2 N–H and O–H groups in total. The van der Waals surface area contributed by atoms with Crippen LogP contribution in [-0.4, -0.2) is 23.2 Å². The van der Waals surface area contributed by atoms with Gasteiger partial charge in [-0.15, -0.1) is 0 Å². The lowest BCUT2D eigenvalue weighted by Crippen LogP contribution is -2.47. The molecule has 1 aliphatic carbocycles. The summed E-state index contributed by atoms with van der Waals surface area (Å²) >= 11 is 0. The second kappa shape index (κ2) is 7.70. The van der Waals surface area contributed by atoms with Crippen LogP contribution in [0.2, 0.25) is 0 Å². The maximum absolute atomic E-state index is 12.1. The molecular formula is C14H27NO2. The van der Waals surface area contributed by atoms with Gasteiger partial charge in [0.2, 0.25) is 5.91 Å². The first kappa shape index (κ1) is 14.5. The topological polar surface area (TPSA) is 49.3 Å². The summed E-state index contributed by atoms with van der Waals surface area (Å²) in [6, 6.07) is -0.00698. The number of aliphatic hydroxyl groups excluding tert-OH is 1. The third-order valence-electron chi connectivity index (χ3n) is 3.70. The van der Waals surface area contributed by atoms with E-state index in [0.29, 0.717) is 0 Å². The number of carbonyl (C=O) groups is 1. The largest absolute Gasteiger partial charge is 0.391 e. The monoisotopic (exact) mass is 241 g/mol. The van der Waals surface area contributed by atoms with Crippen LogP contribution in [0.3, 0.4) is 0 Å². The Labute approximate surface area is 105 Å². The van der Waals surface area contributed by atoms with Gasteiger partial charge in [0, 0.05) is 5.92 Å². The van der Waals surface area contributed by atoms with E-state index in [1.165, 1.54) is 0 Å². The average Bonchev–Trinajstić information content (AvgIpc) is 2.32. The third kappa shape index (κ3) is 4.66. The van der Waals surface area contributed by atoms with Gasteiger partial charge in [-0.1, -0.05) is 39.5 Å². The summed E-state index contributed by atoms with van der Waals surface area (Å²) in [4.78, 5) is 12.1. The summed E-state index contributed by atoms with van der Waals surface area (Å²) in [5.74, 6) is 0.291. The summed E-state index contributed by atoms with van der Waals surface area (Å²) in [5.41, 5.74) is 0. The zero-order valence-electron chi connectivity index (χ0n) is 11.2. The van der Waals surface area contributed by atoms with Gasteiger partial charge in [-0.25, -0.2) is 0 Å². The van der Waals surface area contributed by atoms with Gasteiger partial charge < -0.3 is 10.4 Å². The number of rotatable bonds is 6. The van der Waals surface area contributed by atoms with Crippen LogP contribution in [0.25, 0.3) is 0 Å². The van der Waals surface area contributed by atoms with Gasteiger partial charge >= 0.3 is 0 Å². The molecule has 100 valence electrons. The standard InChI is InChI=1S/C14H27NO2/c1-3-7-11(8-4-2)14(17)15-12-9-5-6-10-13(12)16/h11-13,16H,3-10H2,1-2H3,(H,15,17)/t12-,13-/m0/s1. The maximum Gasteiger partial charge on any atom is 0.223 e. The van der Waals surface area contributed by atoms with E-state index < -0.39 is 0 Å². The molecule has 1 fully saturated rings. The molecule has 3 heteroatoms. The van der Waals surface area contributed by atoms with E-state index >= 15 is 0 Å². The van der Waals surface area contributed by atoms with Gasteiger partial charge in [0.25, 0.3) is 0 Å². The highest BCUT2D eigenvalue weighted by molar-refractivity contribution is 5.79. The minimum absolute atomic E-state index is 0.00698. The molecule has 1 amide bonds. The van der Waals surface area contributed by atoms with Crippen molar-refractivity contribution in [2.24, 2.45) is 5.92 Å². The minimum Gasteiger partial charge on any atom is -0.391 e. The molecule has 0 aromatic heterocycles. The molecule has 0 heterocycles. The van der Waals surface area contributed by atoms with Crippen LogP contribution < -0.4 is 5.32 Å². The van der Waals surface area contributed by atoms with Crippen molar-refractivity contribution in [2.75, 3.05) is 0 Å². The summed E-state index contributed by atoms with van der Waals surface area (Å²) < 4.78 is 0. The molecule has 1 rings (SSSR count). The Kier molecular flexibility index (Phi) is 6.56. The molecule has 0 aliphatic heterocycles. The fourth-order valence-electron chi connectivity index (χ4n) is 2.68. The van der Waals surface area contributed by atoms with Crippen molar-refractivity contribution in [1.82, 2.24) is 5.32 Å². The Balaban J connectivity index is 2.44. The van der Waals surface area contributed by atoms with E-state index in [4.69, 9.17) is 0 Å². The zero-order valence-corrected chi connectivity index (χ0v) is 11.2. The first-order valence-corrected chi connectivity index (χ1v) is 7.17. The van der Waals surface area contributed by atoms with E-state index in [-0.39, 0.29) is 24.0 Å². The van der Waals surface area contributed by atoms with Crippen molar-refractivity contribution >= 4 is 5.91 Å². The van der Waals surface area contributed by atoms with Gasteiger partial charge in [0.05, 0.1) is 12.1 Å². The number of amides is 1. The molecule has 0 aromatic rings. The summed E-state index contributed by atoms with van der Waals surface area (Å²) in [6.07, 6.45) is 7.64. The predicted molar refractivity (Wildman–Crippen MR) is 69.7 cm³/mol. The number of hydrogen-bond acceptors (Lipinski definition) is 2. The van der Waals surface area contributed by atoms with E-state index in [1.807, 2.05) is 0 Å². The highest BCUT2D eigenvalue weighted by Gasteiger charge is 2.26. The number of hydrogen-bond donors (Lipinski definition) is 2. The van der Waals surface area contributed by atoms with Crippen LogP contribution >= 0.6 is 0 Å². The second-order valence-electron chi connectivity index (χ2n) is 5.24. The van der Waals surface area contributed by atoms with Gasteiger partial charge in [0.15, 0.2) is 0 Å². The first-order chi connectivity index (χ1) is 8.19. The second-order valence-corrected chi connectivity index (χ2v) is 5.24. The molecule has 1 aliphatic rings. The average molecular weight is 241 g/mol. The van der Waals surface area contributed by atoms with Crippen LogP contribution in [0.1, 0.15) is 65.2 Å². The Morgan fingerprint density at radius 2 is 1.82 bits per heavy atom. The molecule has 3 nitrogen and oxygen atoms in total. The van der Waals surface area contributed by atoms with Crippen molar-refractivity contribution in [3.63, 3.8) is 0 Å². The molecule has 0 radical (unpaired) electrons. The molecule has 0 bridgehead atoms. The summed E-state index contributed by atoms with van der Waals surface area (Å²) in [7, 11) is 0. The lowest BCUT2D eigenvalue weighted by atomic mass is 9.91. The molecule has 2 atom stereocenters. The molecular weight excluding hydrogens is 214 g/mol. The molecule has 0 saturated heterocycles. The third-order valence-corrected chi connectivity index (χ3v) is 3.70. The van der Waals surface area contributed by atoms with Gasteiger partial charge in [-0.3, -0.25) is 4.79 Å². The van der Waals surface area contributed by atoms with E-state index in [1.54, 1.807) is 0 Å². The lowest BCUT2D eigenvalue weighted by Gasteiger charge is -2.29. The number of nitrogens with one attached hydrogen (secondary N) is 1. The van der Waals surface area contributed by atoms with Gasteiger partial charge in [-0.05, 0) is 25.7 Å². The minimum atomic E-state index is -0.336. The predicted octanol–water partition coefficient (Wildman–Crippen LogP) is 2.62. The van der Waals surface area contributed by atoms with E-state index in [9.17, 15) is 9.90 Å². The van der Waals surface area contributed by atoms with Crippen molar-refractivity contribution in [3.8, 4) is 0 Å². The SMILES string of the molecule is CCCC(CCC)C(=O)N[C@H]1CCCC[C@@H]1O. The lowest BCUT2D eigenvalue weighted by molar-refractivity contribution is -0.127. The van der Waals surface area contributed by atoms with Crippen LogP contribution in [0.5, 0.6) is 0 Å². The quantitative estimate of drug-likeness (QED) is 0.751. The normalized spacial score (nSPS) is 24.9. The highest BCUT2D eigenvalue weighted by atomic mass is 16.3. The van der Waals surface area contributed by atoms with Crippen molar-refractivity contribution in [3.05, 3.63) is 0 Å². The van der Waals surface area contributed by atoms with Crippen molar-refractivity contribution in [2.45, 2.75) is 77.4 Å². The number of aliphatic hydroxyl groups is 1. The van der Waals surface area contributed by atoms with E-state index in [2.05, 4.69) is 19.2 Å². The summed E-state index contributed by atoms with van der Waals surface area (Å²) in [6.45, 7) is 4.23. The van der Waals surface area contributed by atoms with Gasteiger partial charge in [-0.2, -0.15) is 0 Å². The molecule has 17 heavy (non-hydrogen) atoms. The molecule has 0 spiro atoms. The zero-order chi connectivity index (χ0) is 12.7. The summed E-state index contributed by atoms with van der Waals surface area (Å²) in [5, 5.41) is 12.9. The number of carbonyl (C=O) groups excluding carboxylic acids is 1. The fraction of sp³-hybridized carbons (Fsp3) is 0.929. The Morgan fingerprint density at radius 3 is 2.35 bits per heavy atom. The Hall–Kier alpha value is -0.570. The van der Waals surface area contributed by atoms with Crippen LogP contribution in [0.15, 0.2) is 0 Å². The van der Waals surface area contributed by atoms with Crippen LogP contribution in [0, 0.1) is 5.92 Å². The molecule has 1 saturated carbocycles. The van der Waals surface area contributed by atoms with Gasteiger partial charge in [0.1, 0.15) is 0 Å². The van der Waals surface area contributed by atoms with Crippen LogP contribution in [-0.2, 0) is 4.79 Å². The van der Waals surface area contributed by atoms with Crippen LogP contribution in [0.4, 0.5) is 0 Å². The smallest absolute Gasteiger partial charge is 0.223 e. The fourth-order valence-corrected chi connectivity index (χ4v) is 2.68. The Bertz CT molecular complexity index is 224. The Morgan fingerprint density at radius 1 is 1.24 bits per heavy atom. The molecule has 0 aromatic carbocycles. The van der Waals surface area contributed by atoms with E-state index in [0.717, 1.165) is 51.4 Å². The highest BCUT2D eigenvalue weighted by Crippen LogP contribution is 2.20. The first-order valence-electron chi connectivity index (χ1n) is 7.17. The molecule has 0 unspecified atom stereocenters.